The Labute approximate surface area is 209 Å². The fraction of sp³-hybridized carbons (Fsp3) is 0.308. The highest BCUT2D eigenvalue weighted by Gasteiger charge is 2.33. The molecule has 2 aromatic carbocycles. The van der Waals surface area contributed by atoms with Gasteiger partial charge in [-0.2, -0.15) is 10.1 Å². The van der Waals surface area contributed by atoms with Crippen LogP contribution in [0.3, 0.4) is 0 Å². The largest absolute Gasteiger partial charge is 0.462 e. The molecule has 0 spiro atoms. The highest BCUT2D eigenvalue weighted by Crippen LogP contribution is 2.33. The van der Waals surface area contributed by atoms with Crippen LogP contribution in [0.5, 0.6) is 0 Å². The second-order valence-electron chi connectivity index (χ2n) is 8.26. The number of hydrogen-bond donors (Lipinski definition) is 0. The Hall–Kier alpha value is -3.49. The lowest BCUT2D eigenvalue weighted by Crippen LogP contribution is -2.37. The average Bonchev–Trinajstić information content (AvgIpc) is 3.35. The number of carbonyl (C=O) groups excluding carboxylic acids is 1. The van der Waals surface area contributed by atoms with Gasteiger partial charge in [0.15, 0.2) is 5.82 Å². The van der Waals surface area contributed by atoms with Crippen LogP contribution in [0.25, 0.3) is 0 Å². The van der Waals surface area contributed by atoms with Gasteiger partial charge in [-0.3, -0.25) is 0 Å². The number of halogens is 1. The fourth-order valence-corrected chi connectivity index (χ4v) is 4.42. The summed E-state index contributed by atoms with van der Waals surface area (Å²) in [4.78, 5) is 24.2. The molecule has 1 unspecified atom stereocenters. The molecule has 2 aliphatic heterocycles. The molecule has 1 atom stereocenters. The van der Waals surface area contributed by atoms with Gasteiger partial charge >= 0.3 is 5.97 Å². The first-order chi connectivity index (χ1) is 17.1. The van der Waals surface area contributed by atoms with Crippen molar-refractivity contribution in [3.05, 3.63) is 82.5 Å². The molecule has 0 radical (unpaired) electrons. The Kier molecular flexibility index (Phi) is 6.92. The van der Waals surface area contributed by atoms with Crippen LogP contribution >= 0.6 is 11.6 Å². The summed E-state index contributed by atoms with van der Waals surface area (Å²) >= 11 is 6.14. The van der Waals surface area contributed by atoms with E-state index in [1.807, 2.05) is 42.5 Å². The first-order valence-corrected chi connectivity index (χ1v) is 12.1. The van der Waals surface area contributed by atoms with Gasteiger partial charge in [0.25, 0.3) is 0 Å². The number of nitrogens with zero attached hydrogens (tertiary/aromatic N) is 5. The smallest absolute Gasteiger partial charge is 0.343 e. The lowest BCUT2D eigenvalue weighted by molar-refractivity contribution is 0.0526. The molecule has 0 saturated carbocycles. The number of esters is 1. The van der Waals surface area contributed by atoms with E-state index < -0.39 is 5.97 Å². The zero-order valence-corrected chi connectivity index (χ0v) is 20.2. The molecule has 180 valence electrons. The predicted molar refractivity (Wildman–Crippen MR) is 136 cm³/mol. The van der Waals surface area contributed by atoms with E-state index in [0.29, 0.717) is 49.6 Å². The number of anilines is 2. The Bertz CT molecular complexity index is 1210. The van der Waals surface area contributed by atoms with E-state index >= 15 is 0 Å². The minimum Gasteiger partial charge on any atom is -0.462 e. The summed E-state index contributed by atoms with van der Waals surface area (Å²) in [6.07, 6.45) is 1.54. The van der Waals surface area contributed by atoms with Crippen LogP contribution in [0.15, 0.2) is 65.9 Å². The normalized spacial score (nSPS) is 17.9. The molecule has 0 N–H and O–H groups in total. The fourth-order valence-electron chi connectivity index (χ4n) is 4.29. The molecule has 0 amide bonds. The lowest BCUT2D eigenvalue weighted by atomic mass is 9.91. The van der Waals surface area contributed by atoms with Gasteiger partial charge in [0.1, 0.15) is 5.56 Å². The van der Waals surface area contributed by atoms with Gasteiger partial charge in [-0.1, -0.05) is 54.1 Å². The third kappa shape index (κ3) is 4.99. The van der Waals surface area contributed by atoms with Gasteiger partial charge in [-0.25, -0.2) is 14.8 Å². The van der Waals surface area contributed by atoms with Crippen molar-refractivity contribution in [2.75, 3.05) is 49.4 Å². The summed E-state index contributed by atoms with van der Waals surface area (Å²) in [5.74, 6) is 0.490. The molecule has 1 saturated heterocycles. The van der Waals surface area contributed by atoms with Gasteiger partial charge in [0.05, 0.1) is 32.1 Å². The Morgan fingerprint density at radius 1 is 1.11 bits per heavy atom. The molecular weight excluding hydrogens is 466 g/mol. The number of carbonyl (C=O) groups is 1. The average molecular weight is 492 g/mol. The van der Waals surface area contributed by atoms with Crippen molar-refractivity contribution >= 4 is 35.0 Å². The van der Waals surface area contributed by atoms with Crippen LogP contribution in [-0.2, 0) is 9.47 Å². The van der Waals surface area contributed by atoms with Crippen molar-refractivity contribution in [1.82, 2.24) is 9.97 Å². The van der Waals surface area contributed by atoms with E-state index in [1.54, 1.807) is 18.1 Å². The third-order valence-corrected chi connectivity index (χ3v) is 6.30. The first-order valence-electron chi connectivity index (χ1n) is 11.7. The molecule has 9 heteroatoms. The molecule has 1 aromatic heterocycles. The molecular formula is C26H26ClN5O3. The minimum absolute atomic E-state index is 0.0192. The van der Waals surface area contributed by atoms with Crippen molar-refractivity contribution in [2.45, 2.75) is 12.8 Å². The monoisotopic (exact) mass is 491 g/mol. The SMILES string of the molecule is CCOC(=O)c1cnc(N2CCOCC2)nc1N1CC(c2ccccc2)C(c2ccc(Cl)cc2)=N1. The Balaban J connectivity index is 1.58. The molecule has 5 rings (SSSR count). The van der Waals surface area contributed by atoms with Crippen LogP contribution in [0.2, 0.25) is 5.02 Å². The standard InChI is InChI=1S/C26H26ClN5O3/c1-2-35-25(33)21-16-28-26(31-12-14-34-15-13-31)29-24(21)32-17-22(18-6-4-3-5-7-18)23(30-32)19-8-10-20(27)11-9-19/h3-11,16,22H,2,12-15,17H2,1H3. The number of hydrogen-bond acceptors (Lipinski definition) is 8. The summed E-state index contributed by atoms with van der Waals surface area (Å²) in [6.45, 7) is 5.14. The number of rotatable bonds is 6. The summed E-state index contributed by atoms with van der Waals surface area (Å²) in [5, 5.41) is 7.43. The molecule has 8 nitrogen and oxygen atoms in total. The van der Waals surface area contributed by atoms with Crippen LogP contribution in [0.4, 0.5) is 11.8 Å². The van der Waals surface area contributed by atoms with E-state index in [9.17, 15) is 4.79 Å². The lowest BCUT2D eigenvalue weighted by Gasteiger charge is -2.28. The van der Waals surface area contributed by atoms with Crippen molar-refractivity contribution in [2.24, 2.45) is 5.10 Å². The van der Waals surface area contributed by atoms with E-state index in [0.717, 1.165) is 16.8 Å². The molecule has 1 fully saturated rings. The van der Waals surface area contributed by atoms with Gasteiger partial charge < -0.3 is 14.4 Å². The summed E-state index contributed by atoms with van der Waals surface area (Å²) < 4.78 is 10.8. The Morgan fingerprint density at radius 3 is 2.57 bits per heavy atom. The maximum atomic E-state index is 12.8. The van der Waals surface area contributed by atoms with E-state index in [1.165, 1.54) is 0 Å². The van der Waals surface area contributed by atoms with Gasteiger partial charge in [0, 0.05) is 30.2 Å². The van der Waals surface area contributed by atoms with Crippen LogP contribution in [0, 0.1) is 0 Å². The molecule has 3 aromatic rings. The van der Waals surface area contributed by atoms with Gasteiger partial charge in [-0.05, 0) is 30.2 Å². The van der Waals surface area contributed by atoms with Gasteiger partial charge in [-0.15, -0.1) is 0 Å². The number of ether oxygens (including phenoxy) is 2. The summed E-state index contributed by atoms with van der Waals surface area (Å²) in [7, 11) is 0. The molecule has 0 aliphatic carbocycles. The van der Waals surface area contributed by atoms with Crippen molar-refractivity contribution in [3.63, 3.8) is 0 Å². The molecule has 3 heterocycles. The predicted octanol–water partition coefficient (Wildman–Crippen LogP) is 4.15. The molecule has 2 aliphatic rings. The van der Waals surface area contributed by atoms with Crippen molar-refractivity contribution in [3.8, 4) is 0 Å². The molecule has 35 heavy (non-hydrogen) atoms. The topological polar surface area (TPSA) is 80.1 Å². The van der Waals surface area contributed by atoms with Crippen LogP contribution < -0.4 is 9.91 Å². The van der Waals surface area contributed by atoms with E-state index in [2.05, 4.69) is 22.0 Å². The van der Waals surface area contributed by atoms with Crippen molar-refractivity contribution in [1.29, 1.82) is 0 Å². The third-order valence-electron chi connectivity index (χ3n) is 6.05. The number of benzene rings is 2. The number of hydrazone groups is 1. The zero-order valence-electron chi connectivity index (χ0n) is 19.4. The highest BCUT2D eigenvalue weighted by atomic mass is 35.5. The van der Waals surface area contributed by atoms with E-state index in [4.69, 9.17) is 31.2 Å². The number of aromatic nitrogens is 2. The summed E-state index contributed by atoms with van der Waals surface area (Å²) in [5.41, 5.74) is 3.26. The number of morpholine rings is 1. The second-order valence-corrected chi connectivity index (χ2v) is 8.70. The van der Waals surface area contributed by atoms with Crippen LogP contribution in [-0.4, -0.2) is 61.1 Å². The van der Waals surface area contributed by atoms with Gasteiger partial charge in [0.2, 0.25) is 5.95 Å². The van der Waals surface area contributed by atoms with Crippen molar-refractivity contribution < 1.29 is 14.3 Å². The molecule has 0 bridgehead atoms. The second kappa shape index (κ2) is 10.4. The zero-order chi connectivity index (χ0) is 24.2. The Morgan fingerprint density at radius 2 is 1.86 bits per heavy atom. The van der Waals surface area contributed by atoms with E-state index in [-0.39, 0.29) is 18.1 Å². The first kappa shape index (κ1) is 23.3. The van der Waals surface area contributed by atoms with Crippen LogP contribution in [0.1, 0.15) is 34.3 Å². The highest BCUT2D eigenvalue weighted by molar-refractivity contribution is 6.30. The summed E-state index contributed by atoms with van der Waals surface area (Å²) in [6, 6.07) is 17.8. The maximum absolute atomic E-state index is 12.8. The quantitative estimate of drug-likeness (QED) is 0.479. The maximum Gasteiger partial charge on any atom is 0.343 e. The minimum atomic E-state index is -0.470.